The summed E-state index contributed by atoms with van der Waals surface area (Å²) in [5.74, 6) is 1.54. The molecule has 0 bridgehead atoms. The van der Waals surface area contributed by atoms with E-state index in [1.165, 1.54) is 5.56 Å². The number of ether oxygens (including phenoxy) is 1. The quantitative estimate of drug-likeness (QED) is 0.451. The lowest BCUT2D eigenvalue weighted by Crippen LogP contribution is -2.32. The van der Waals surface area contributed by atoms with Crippen molar-refractivity contribution in [1.82, 2.24) is 0 Å². The Hall–Kier alpha value is 0.240. The molecule has 0 unspecified atom stereocenters. The summed E-state index contributed by atoms with van der Waals surface area (Å²) < 4.78 is 6.73. The van der Waals surface area contributed by atoms with Gasteiger partial charge in [0.15, 0.2) is 0 Å². The van der Waals surface area contributed by atoms with Crippen molar-refractivity contribution in [2.75, 3.05) is 25.0 Å². The maximum absolute atomic E-state index is 6.20. The molecule has 1 rings (SSSR count). The van der Waals surface area contributed by atoms with Crippen LogP contribution in [-0.2, 0) is 10.2 Å². The predicted molar refractivity (Wildman–Crippen MR) is 87.5 cm³/mol. The van der Waals surface area contributed by atoms with Crippen molar-refractivity contribution in [3.05, 3.63) is 34.3 Å². The molecule has 0 heterocycles. The molecule has 0 fully saturated rings. The van der Waals surface area contributed by atoms with E-state index in [1.54, 1.807) is 0 Å². The van der Waals surface area contributed by atoms with Crippen LogP contribution in [-0.4, -0.2) is 25.0 Å². The molecule has 4 heteroatoms. The highest BCUT2D eigenvalue weighted by Gasteiger charge is 2.30. The fourth-order valence-corrected chi connectivity index (χ4v) is 3.13. The molecule has 1 aromatic carbocycles. The van der Waals surface area contributed by atoms with E-state index in [0.29, 0.717) is 24.3 Å². The summed E-state index contributed by atoms with van der Waals surface area (Å²) in [4.78, 5) is 0. The van der Waals surface area contributed by atoms with Crippen molar-refractivity contribution in [1.29, 1.82) is 0 Å². The van der Waals surface area contributed by atoms with E-state index >= 15 is 0 Å². The van der Waals surface area contributed by atoms with Gasteiger partial charge in [-0.05, 0) is 30.0 Å². The van der Waals surface area contributed by atoms with Crippen LogP contribution in [0.15, 0.2) is 28.7 Å². The molecule has 0 N–H and O–H groups in total. The lowest BCUT2D eigenvalue weighted by Gasteiger charge is -2.30. The molecule has 1 aromatic rings. The second kappa shape index (κ2) is 8.51. The first-order valence-corrected chi connectivity index (χ1v) is 8.36. The van der Waals surface area contributed by atoms with E-state index in [-0.39, 0.29) is 5.41 Å². The fraction of sp³-hybridized carbons (Fsp3) is 0.600. The smallest absolute Gasteiger partial charge is 0.0488 e. The molecule has 0 aliphatic carbocycles. The van der Waals surface area contributed by atoms with Crippen LogP contribution in [0.4, 0.5) is 0 Å². The first kappa shape index (κ1) is 17.3. The van der Waals surface area contributed by atoms with Crippen LogP contribution < -0.4 is 0 Å². The van der Waals surface area contributed by atoms with Gasteiger partial charge in [-0.3, -0.25) is 0 Å². The minimum Gasteiger partial charge on any atom is -0.381 e. The number of rotatable bonds is 8. The van der Waals surface area contributed by atoms with E-state index in [9.17, 15) is 0 Å². The van der Waals surface area contributed by atoms with E-state index in [4.69, 9.17) is 27.9 Å². The second-order valence-corrected chi connectivity index (χ2v) is 6.73. The van der Waals surface area contributed by atoms with Gasteiger partial charge in [-0.2, -0.15) is 0 Å². The van der Waals surface area contributed by atoms with Crippen molar-refractivity contribution in [2.24, 2.45) is 5.92 Å². The summed E-state index contributed by atoms with van der Waals surface area (Å²) in [6.07, 6.45) is 0.836. The Bertz CT molecular complexity index is 378. The fourth-order valence-electron chi connectivity index (χ4n) is 1.87. The average molecular weight is 368 g/mol. The Balaban J connectivity index is 2.73. The lowest BCUT2D eigenvalue weighted by molar-refractivity contribution is 0.0970. The zero-order chi connectivity index (χ0) is 14.3. The van der Waals surface area contributed by atoms with Gasteiger partial charge in [-0.15, -0.1) is 23.2 Å². The SMILES string of the molecule is CC(C)COCCC(CCl)(CCl)c1cccc(Br)c1. The third-order valence-electron chi connectivity index (χ3n) is 3.12. The number of hydrogen-bond donors (Lipinski definition) is 0. The molecule has 0 spiro atoms. The van der Waals surface area contributed by atoms with Gasteiger partial charge in [0, 0.05) is 34.9 Å². The molecule has 0 saturated carbocycles. The highest BCUT2D eigenvalue weighted by molar-refractivity contribution is 9.10. The van der Waals surface area contributed by atoms with Crippen LogP contribution in [0.3, 0.4) is 0 Å². The van der Waals surface area contributed by atoms with Crippen LogP contribution in [0.2, 0.25) is 0 Å². The minimum absolute atomic E-state index is 0.218. The molecule has 108 valence electrons. The zero-order valence-corrected chi connectivity index (χ0v) is 14.6. The average Bonchev–Trinajstić information content (AvgIpc) is 2.39. The van der Waals surface area contributed by atoms with Crippen LogP contribution in [0, 0.1) is 5.92 Å². The third-order valence-corrected chi connectivity index (χ3v) is 4.64. The lowest BCUT2D eigenvalue weighted by atomic mass is 9.81. The number of benzene rings is 1. The van der Waals surface area contributed by atoms with Crippen LogP contribution in [0.25, 0.3) is 0 Å². The van der Waals surface area contributed by atoms with Gasteiger partial charge in [0.1, 0.15) is 0 Å². The van der Waals surface area contributed by atoms with E-state index in [2.05, 4.69) is 41.9 Å². The normalized spacial score (nSPS) is 12.1. The molecule has 0 saturated heterocycles. The molecule has 0 atom stereocenters. The molecule has 0 aliphatic heterocycles. The molecule has 0 radical (unpaired) electrons. The minimum atomic E-state index is -0.218. The molecule has 19 heavy (non-hydrogen) atoms. The Morgan fingerprint density at radius 2 is 1.95 bits per heavy atom. The van der Waals surface area contributed by atoms with Crippen molar-refractivity contribution in [3.8, 4) is 0 Å². The summed E-state index contributed by atoms with van der Waals surface area (Å²) in [6.45, 7) is 5.75. The Labute approximate surface area is 134 Å². The first-order chi connectivity index (χ1) is 9.04. The maximum Gasteiger partial charge on any atom is 0.0488 e. The summed E-state index contributed by atoms with van der Waals surface area (Å²) in [5.41, 5.74) is 0.948. The zero-order valence-electron chi connectivity index (χ0n) is 11.5. The monoisotopic (exact) mass is 366 g/mol. The second-order valence-electron chi connectivity index (χ2n) is 5.28. The van der Waals surface area contributed by atoms with Crippen LogP contribution >= 0.6 is 39.1 Å². The molecule has 0 aliphatic rings. The molecule has 0 amide bonds. The van der Waals surface area contributed by atoms with E-state index in [1.807, 2.05) is 12.1 Å². The Morgan fingerprint density at radius 3 is 2.47 bits per heavy atom. The van der Waals surface area contributed by atoms with Crippen LogP contribution in [0.1, 0.15) is 25.8 Å². The van der Waals surface area contributed by atoms with Crippen molar-refractivity contribution < 1.29 is 4.74 Å². The maximum atomic E-state index is 6.20. The highest BCUT2D eigenvalue weighted by atomic mass is 79.9. The Kier molecular flexibility index (Phi) is 7.74. The van der Waals surface area contributed by atoms with Gasteiger partial charge in [0.2, 0.25) is 0 Å². The van der Waals surface area contributed by atoms with Gasteiger partial charge in [0.25, 0.3) is 0 Å². The highest BCUT2D eigenvalue weighted by Crippen LogP contribution is 2.32. The summed E-state index contributed by atoms with van der Waals surface area (Å²) in [6, 6.07) is 8.19. The Morgan fingerprint density at radius 1 is 1.26 bits per heavy atom. The van der Waals surface area contributed by atoms with Crippen molar-refractivity contribution in [2.45, 2.75) is 25.7 Å². The van der Waals surface area contributed by atoms with Crippen molar-refractivity contribution >= 4 is 39.1 Å². The van der Waals surface area contributed by atoms with Crippen LogP contribution in [0.5, 0.6) is 0 Å². The topological polar surface area (TPSA) is 9.23 Å². The number of hydrogen-bond acceptors (Lipinski definition) is 1. The third kappa shape index (κ3) is 5.26. The van der Waals surface area contributed by atoms with Gasteiger partial charge >= 0.3 is 0 Å². The van der Waals surface area contributed by atoms with Gasteiger partial charge < -0.3 is 4.74 Å². The molecule has 1 nitrogen and oxygen atoms in total. The summed E-state index contributed by atoms with van der Waals surface area (Å²) >= 11 is 15.9. The first-order valence-electron chi connectivity index (χ1n) is 6.50. The van der Waals surface area contributed by atoms with Gasteiger partial charge in [-0.1, -0.05) is 41.9 Å². The summed E-state index contributed by atoms with van der Waals surface area (Å²) in [7, 11) is 0. The van der Waals surface area contributed by atoms with Crippen molar-refractivity contribution in [3.63, 3.8) is 0 Å². The molecule has 0 aromatic heterocycles. The van der Waals surface area contributed by atoms with Gasteiger partial charge in [-0.25, -0.2) is 0 Å². The summed E-state index contributed by atoms with van der Waals surface area (Å²) in [5, 5.41) is 0. The molecular formula is C15H21BrCl2O. The van der Waals surface area contributed by atoms with E-state index < -0.39 is 0 Å². The molecular weight excluding hydrogens is 347 g/mol. The number of halogens is 3. The standard InChI is InChI=1S/C15H21BrCl2O/c1-12(2)9-19-7-6-15(10-17,11-18)13-4-3-5-14(16)8-13/h3-5,8,12H,6-7,9-11H2,1-2H3. The van der Waals surface area contributed by atoms with E-state index in [0.717, 1.165) is 17.5 Å². The van der Waals surface area contributed by atoms with Gasteiger partial charge in [0.05, 0.1) is 0 Å². The largest absolute Gasteiger partial charge is 0.381 e. The number of alkyl halides is 2. The predicted octanol–water partition coefficient (Wildman–Crippen LogP) is 5.23.